The van der Waals surface area contributed by atoms with Gasteiger partial charge in [-0.25, -0.2) is 0 Å². The van der Waals surface area contributed by atoms with Crippen molar-refractivity contribution in [1.82, 2.24) is 19.6 Å². The molecule has 0 saturated carbocycles. The van der Waals surface area contributed by atoms with E-state index in [9.17, 15) is 28.8 Å². The highest BCUT2D eigenvalue weighted by Gasteiger charge is 2.36. The maximum atomic E-state index is 13.3. The minimum Gasteiger partial charge on any atom is -0.465 e. The molecule has 0 aromatic heterocycles. The minimum absolute atomic E-state index is 0.000502. The number of fused-ring (bicyclic) bond motifs is 2. The first-order chi connectivity index (χ1) is 40.1. The standard InChI is InChI=1S/C70H114N4O8/c1-5-9-13-17-19-27-43-59(41-25-15-11-7-3)69(79)81-57-37-23-21-33-49-71(53-39-55-73-65(75)61-45-29-30-46-62(61)66(73)76)51-35-36-52-72(54-40-56-74-67(77)63-47-31-32-48-64(63)68(74)78)50-34-22-24-38-58-82-70(80)60(42-26-16-12-8-4)44-28-20-18-14-10-6-2/h29-32,45-48,59-60H,5-28,33-44,49-58H2,1-4H3. The summed E-state index contributed by atoms with van der Waals surface area (Å²) in [5.41, 5.74) is 1.94. The Balaban J connectivity index is 1.27. The van der Waals surface area contributed by atoms with Gasteiger partial charge < -0.3 is 19.3 Å². The lowest BCUT2D eigenvalue weighted by Crippen LogP contribution is -2.35. The molecule has 12 heteroatoms. The molecule has 4 rings (SSSR count). The summed E-state index contributed by atoms with van der Waals surface area (Å²) < 4.78 is 11.8. The summed E-state index contributed by atoms with van der Waals surface area (Å²) in [4.78, 5) is 87.3. The number of hydrogen-bond donors (Lipinski definition) is 0. The van der Waals surface area contributed by atoms with Crippen molar-refractivity contribution < 1.29 is 38.2 Å². The molecule has 0 radical (unpaired) electrons. The zero-order chi connectivity index (χ0) is 58.8. The average molecular weight is 1140 g/mol. The van der Waals surface area contributed by atoms with E-state index in [1.165, 1.54) is 113 Å². The van der Waals surface area contributed by atoms with Crippen molar-refractivity contribution in [3.8, 4) is 0 Å². The van der Waals surface area contributed by atoms with Gasteiger partial charge in [0, 0.05) is 13.1 Å². The first-order valence-corrected chi connectivity index (χ1v) is 33.8. The minimum atomic E-state index is -0.208. The predicted molar refractivity (Wildman–Crippen MR) is 334 cm³/mol. The summed E-state index contributed by atoms with van der Waals surface area (Å²) in [6.07, 6.45) is 39.0. The van der Waals surface area contributed by atoms with Crippen LogP contribution in [0.25, 0.3) is 0 Å². The second kappa shape index (κ2) is 44.1. The Hall–Kier alpha value is -4.42. The van der Waals surface area contributed by atoms with E-state index >= 15 is 0 Å². The molecule has 0 spiro atoms. The summed E-state index contributed by atoms with van der Waals surface area (Å²) in [6.45, 7) is 15.9. The molecule has 82 heavy (non-hydrogen) atoms. The SMILES string of the molecule is CCCCCCCCC(CCCCCC)C(=O)OCCCCCCN(CCCCN(CCCCCCOC(=O)C(CCCCCC)CCCCCCCC)CCCN1C(=O)c2ccccc2C1=O)CCCN1C(=O)c2ccccc2C1=O. The third kappa shape index (κ3) is 27.1. The predicted octanol–water partition coefficient (Wildman–Crippen LogP) is 16.6. The number of hydrogen-bond acceptors (Lipinski definition) is 10. The molecule has 2 heterocycles. The van der Waals surface area contributed by atoms with Crippen LogP contribution in [0.2, 0.25) is 0 Å². The Labute approximate surface area is 498 Å². The number of rotatable bonds is 53. The van der Waals surface area contributed by atoms with Crippen LogP contribution in [0.1, 0.15) is 300 Å². The Morgan fingerprint density at radius 1 is 0.341 bits per heavy atom. The second-order valence-electron chi connectivity index (χ2n) is 24.1. The summed E-state index contributed by atoms with van der Waals surface area (Å²) >= 11 is 0. The number of benzene rings is 2. The van der Waals surface area contributed by atoms with Crippen LogP contribution in [0.15, 0.2) is 48.5 Å². The Morgan fingerprint density at radius 2 is 0.585 bits per heavy atom. The summed E-state index contributed by atoms with van der Waals surface area (Å²) in [5, 5.41) is 0. The van der Waals surface area contributed by atoms with Crippen molar-refractivity contribution in [3.63, 3.8) is 0 Å². The summed E-state index contributed by atoms with van der Waals surface area (Å²) in [5.74, 6) is -0.793. The van der Waals surface area contributed by atoms with Gasteiger partial charge in [0.05, 0.1) is 47.3 Å². The number of amides is 4. The lowest BCUT2D eigenvalue weighted by molar-refractivity contribution is -0.150. The highest BCUT2D eigenvalue weighted by atomic mass is 16.5. The van der Waals surface area contributed by atoms with Gasteiger partial charge in [-0.3, -0.25) is 38.6 Å². The Bertz CT molecular complexity index is 1880. The van der Waals surface area contributed by atoms with Crippen LogP contribution in [-0.2, 0) is 19.1 Å². The van der Waals surface area contributed by atoms with E-state index in [2.05, 4.69) is 37.5 Å². The van der Waals surface area contributed by atoms with Crippen molar-refractivity contribution in [2.24, 2.45) is 11.8 Å². The molecular weight excluding hydrogens is 1020 g/mol. The van der Waals surface area contributed by atoms with Gasteiger partial charge in [-0.2, -0.15) is 0 Å². The van der Waals surface area contributed by atoms with Crippen LogP contribution < -0.4 is 0 Å². The van der Waals surface area contributed by atoms with E-state index in [4.69, 9.17) is 9.47 Å². The fourth-order valence-corrected chi connectivity index (χ4v) is 12.0. The molecule has 2 aromatic rings. The highest BCUT2D eigenvalue weighted by Crippen LogP contribution is 2.26. The van der Waals surface area contributed by atoms with Crippen molar-refractivity contribution in [2.45, 2.75) is 259 Å². The third-order valence-electron chi connectivity index (χ3n) is 17.2. The molecule has 2 aliphatic rings. The molecule has 2 atom stereocenters. The largest absolute Gasteiger partial charge is 0.465 e. The topological polar surface area (TPSA) is 134 Å². The van der Waals surface area contributed by atoms with E-state index in [1.807, 2.05) is 24.3 Å². The van der Waals surface area contributed by atoms with Crippen molar-refractivity contribution in [2.75, 3.05) is 65.6 Å². The van der Waals surface area contributed by atoms with Crippen LogP contribution in [0.5, 0.6) is 0 Å². The first kappa shape index (κ1) is 70.1. The summed E-state index contributed by atoms with van der Waals surface area (Å²) in [7, 11) is 0. The molecule has 12 nitrogen and oxygen atoms in total. The lowest BCUT2D eigenvalue weighted by atomic mass is 9.94. The van der Waals surface area contributed by atoms with Gasteiger partial charge in [-0.05, 0) is 141 Å². The van der Waals surface area contributed by atoms with Gasteiger partial charge in [-0.15, -0.1) is 0 Å². The third-order valence-corrected chi connectivity index (χ3v) is 17.2. The lowest BCUT2D eigenvalue weighted by Gasteiger charge is -2.26. The molecule has 0 bridgehead atoms. The molecule has 4 amide bonds. The number of unbranched alkanes of at least 4 members (excludes halogenated alkanes) is 23. The van der Waals surface area contributed by atoms with E-state index in [0.717, 1.165) is 155 Å². The van der Waals surface area contributed by atoms with Gasteiger partial charge in [0.15, 0.2) is 0 Å². The van der Waals surface area contributed by atoms with Crippen LogP contribution in [0.4, 0.5) is 0 Å². The fraction of sp³-hybridized carbons (Fsp3) is 0.743. The average Bonchev–Trinajstić information content (AvgIpc) is 3.78. The van der Waals surface area contributed by atoms with Gasteiger partial charge in [0.1, 0.15) is 0 Å². The van der Waals surface area contributed by atoms with Gasteiger partial charge in [0.2, 0.25) is 0 Å². The molecule has 2 aliphatic heterocycles. The second-order valence-corrected chi connectivity index (χ2v) is 24.1. The molecule has 0 aliphatic carbocycles. The number of carbonyl (C=O) groups is 6. The Kier molecular flexibility index (Phi) is 37.7. The van der Waals surface area contributed by atoms with Crippen LogP contribution in [-0.4, -0.2) is 121 Å². The normalized spacial score (nSPS) is 13.9. The van der Waals surface area contributed by atoms with Crippen molar-refractivity contribution in [1.29, 1.82) is 0 Å². The molecule has 0 fully saturated rings. The van der Waals surface area contributed by atoms with E-state index in [1.54, 1.807) is 24.3 Å². The summed E-state index contributed by atoms with van der Waals surface area (Å²) in [6, 6.07) is 14.2. The van der Waals surface area contributed by atoms with Crippen LogP contribution in [0.3, 0.4) is 0 Å². The van der Waals surface area contributed by atoms with Gasteiger partial charge in [-0.1, -0.05) is 206 Å². The molecule has 2 aromatic carbocycles. The van der Waals surface area contributed by atoms with E-state index < -0.39 is 0 Å². The van der Waals surface area contributed by atoms with E-state index in [0.29, 0.717) is 61.4 Å². The Morgan fingerprint density at radius 3 is 0.902 bits per heavy atom. The zero-order valence-electron chi connectivity index (χ0n) is 52.4. The molecular formula is C70H114N4O8. The van der Waals surface area contributed by atoms with E-state index in [-0.39, 0.29) is 47.4 Å². The fourth-order valence-electron chi connectivity index (χ4n) is 12.0. The highest BCUT2D eigenvalue weighted by molar-refractivity contribution is 6.22. The maximum Gasteiger partial charge on any atom is 0.308 e. The van der Waals surface area contributed by atoms with Crippen molar-refractivity contribution in [3.05, 3.63) is 70.8 Å². The monoisotopic (exact) mass is 1140 g/mol. The van der Waals surface area contributed by atoms with Crippen molar-refractivity contribution >= 4 is 35.6 Å². The molecule has 462 valence electrons. The number of esters is 2. The van der Waals surface area contributed by atoms with Gasteiger partial charge >= 0.3 is 11.9 Å². The van der Waals surface area contributed by atoms with Crippen LogP contribution >= 0.6 is 0 Å². The quantitative estimate of drug-likeness (QED) is 0.0358. The number of carbonyl (C=O) groups excluding carboxylic acids is 6. The smallest absolute Gasteiger partial charge is 0.308 e. The van der Waals surface area contributed by atoms with Gasteiger partial charge in [0.25, 0.3) is 23.6 Å². The number of nitrogens with zero attached hydrogens (tertiary/aromatic N) is 4. The maximum absolute atomic E-state index is 13.3. The molecule has 0 N–H and O–H groups in total. The molecule has 2 unspecified atom stereocenters. The first-order valence-electron chi connectivity index (χ1n) is 33.8. The number of imide groups is 2. The molecule has 0 saturated heterocycles. The number of ether oxygens (including phenoxy) is 2. The zero-order valence-corrected chi connectivity index (χ0v) is 52.4. The van der Waals surface area contributed by atoms with Crippen LogP contribution in [0, 0.1) is 11.8 Å².